The van der Waals surface area contributed by atoms with Crippen molar-refractivity contribution in [3.05, 3.63) is 76.8 Å². The van der Waals surface area contributed by atoms with Crippen molar-refractivity contribution < 1.29 is 9.47 Å². The number of ether oxygens (including phenoxy) is 2. The Morgan fingerprint density at radius 2 is 1.83 bits per heavy atom. The molecular formula is C23H24N4O2S. The molecule has 0 saturated carbocycles. The molecule has 0 amide bonds. The maximum absolute atomic E-state index is 6.13. The van der Waals surface area contributed by atoms with Gasteiger partial charge in [-0.3, -0.25) is 4.90 Å². The minimum atomic E-state index is -0.279. The SMILES string of the molecule is Cn1c(C2COc3ccccc3O2)nn(CN2CC=C(c3ccccc3)CC2)c1=S. The Bertz CT molecular complexity index is 1140. The maximum Gasteiger partial charge on any atom is 0.198 e. The summed E-state index contributed by atoms with van der Waals surface area (Å²) in [7, 11) is 1.94. The molecule has 2 aromatic carbocycles. The Kier molecular flexibility index (Phi) is 5.14. The van der Waals surface area contributed by atoms with Crippen molar-refractivity contribution in [1.82, 2.24) is 19.2 Å². The van der Waals surface area contributed by atoms with Crippen LogP contribution in [0, 0.1) is 4.77 Å². The fourth-order valence-corrected chi connectivity index (χ4v) is 4.16. The summed E-state index contributed by atoms with van der Waals surface area (Å²) in [5, 5.41) is 4.79. The van der Waals surface area contributed by atoms with E-state index in [0.29, 0.717) is 18.0 Å². The molecule has 30 heavy (non-hydrogen) atoms. The molecule has 0 saturated heterocycles. The zero-order valence-electron chi connectivity index (χ0n) is 16.9. The van der Waals surface area contributed by atoms with Gasteiger partial charge in [0.05, 0.1) is 6.67 Å². The third kappa shape index (κ3) is 3.66. The number of hydrogen-bond donors (Lipinski definition) is 0. The molecular weight excluding hydrogens is 396 g/mol. The summed E-state index contributed by atoms with van der Waals surface area (Å²) >= 11 is 5.65. The van der Waals surface area contributed by atoms with E-state index in [9.17, 15) is 0 Å². The zero-order chi connectivity index (χ0) is 20.5. The molecule has 6 nitrogen and oxygen atoms in total. The average Bonchev–Trinajstić information content (AvgIpc) is 3.08. The Hall–Kier alpha value is -2.90. The first kappa shape index (κ1) is 19.1. The van der Waals surface area contributed by atoms with Gasteiger partial charge in [0.15, 0.2) is 28.2 Å². The molecule has 3 heterocycles. The first-order valence-electron chi connectivity index (χ1n) is 10.2. The van der Waals surface area contributed by atoms with Gasteiger partial charge in [0, 0.05) is 20.1 Å². The Morgan fingerprint density at radius 3 is 2.60 bits per heavy atom. The minimum absolute atomic E-state index is 0.279. The van der Waals surface area contributed by atoms with Crippen molar-refractivity contribution in [2.45, 2.75) is 19.2 Å². The number of hydrogen-bond acceptors (Lipinski definition) is 5. The smallest absolute Gasteiger partial charge is 0.198 e. The lowest BCUT2D eigenvalue weighted by Gasteiger charge is -2.26. The fourth-order valence-electron chi connectivity index (χ4n) is 3.97. The molecule has 0 N–H and O–H groups in total. The van der Waals surface area contributed by atoms with Gasteiger partial charge in [-0.25, -0.2) is 4.68 Å². The highest BCUT2D eigenvalue weighted by atomic mass is 32.1. The van der Waals surface area contributed by atoms with E-state index in [1.807, 2.05) is 40.6 Å². The highest BCUT2D eigenvalue weighted by Crippen LogP contribution is 2.35. The van der Waals surface area contributed by atoms with Crippen LogP contribution in [0.25, 0.3) is 5.57 Å². The molecule has 0 radical (unpaired) electrons. The summed E-state index contributed by atoms with van der Waals surface area (Å²) in [6.45, 7) is 2.94. The maximum atomic E-state index is 6.13. The van der Waals surface area contributed by atoms with Gasteiger partial charge in [0.25, 0.3) is 0 Å². The van der Waals surface area contributed by atoms with Gasteiger partial charge < -0.3 is 14.0 Å². The summed E-state index contributed by atoms with van der Waals surface area (Å²) < 4.78 is 16.5. The van der Waals surface area contributed by atoms with Gasteiger partial charge in [-0.1, -0.05) is 48.5 Å². The zero-order valence-corrected chi connectivity index (χ0v) is 17.7. The number of fused-ring (bicyclic) bond motifs is 1. The number of para-hydroxylation sites is 2. The van der Waals surface area contributed by atoms with Crippen LogP contribution < -0.4 is 9.47 Å². The van der Waals surface area contributed by atoms with Crippen LogP contribution in [-0.4, -0.2) is 38.9 Å². The molecule has 1 aromatic heterocycles. The third-order valence-corrected chi connectivity index (χ3v) is 6.13. The molecule has 0 spiro atoms. The van der Waals surface area contributed by atoms with Crippen LogP contribution in [0.4, 0.5) is 0 Å². The molecule has 0 aliphatic carbocycles. The van der Waals surface area contributed by atoms with Crippen LogP contribution in [0.5, 0.6) is 11.5 Å². The van der Waals surface area contributed by atoms with E-state index >= 15 is 0 Å². The van der Waals surface area contributed by atoms with E-state index < -0.39 is 0 Å². The van der Waals surface area contributed by atoms with Gasteiger partial charge in [0.2, 0.25) is 0 Å². The second-order valence-corrected chi connectivity index (χ2v) is 7.99. The van der Waals surface area contributed by atoms with E-state index in [4.69, 9.17) is 26.8 Å². The Labute approximate surface area is 181 Å². The largest absolute Gasteiger partial charge is 0.485 e. The van der Waals surface area contributed by atoms with Crippen LogP contribution in [0.15, 0.2) is 60.7 Å². The van der Waals surface area contributed by atoms with Crippen LogP contribution in [0.3, 0.4) is 0 Å². The first-order valence-corrected chi connectivity index (χ1v) is 10.6. The summed E-state index contributed by atoms with van der Waals surface area (Å²) in [5.41, 5.74) is 2.71. The second kappa shape index (κ2) is 8.08. The normalized spacial score (nSPS) is 18.8. The van der Waals surface area contributed by atoms with Crippen LogP contribution in [0.2, 0.25) is 0 Å². The van der Waals surface area contributed by atoms with Crippen molar-refractivity contribution in [2.24, 2.45) is 7.05 Å². The number of benzene rings is 2. The highest BCUT2D eigenvalue weighted by Gasteiger charge is 2.27. The number of rotatable bonds is 4. The lowest BCUT2D eigenvalue weighted by atomic mass is 10.00. The second-order valence-electron chi connectivity index (χ2n) is 7.63. The van der Waals surface area contributed by atoms with Gasteiger partial charge in [0.1, 0.15) is 6.61 Å². The summed E-state index contributed by atoms with van der Waals surface area (Å²) in [4.78, 5) is 2.35. The summed E-state index contributed by atoms with van der Waals surface area (Å²) in [6.07, 6.45) is 3.05. The van der Waals surface area contributed by atoms with Crippen LogP contribution in [-0.2, 0) is 13.7 Å². The number of aromatic nitrogens is 3. The Balaban J connectivity index is 1.30. The molecule has 154 valence electrons. The lowest BCUT2D eigenvalue weighted by Crippen LogP contribution is -2.31. The van der Waals surface area contributed by atoms with Gasteiger partial charge in [-0.2, -0.15) is 5.10 Å². The molecule has 2 aliphatic rings. The minimum Gasteiger partial charge on any atom is -0.485 e. The van der Waals surface area contributed by atoms with Gasteiger partial charge in [-0.15, -0.1) is 0 Å². The van der Waals surface area contributed by atoms with E-state index in [1.165, 1.54) is 11.1 Å². The monoisotopic (exact) mass is 420 g/mol. The van der Waals surface area contributed by atoms with Crippen molar-refractivity contribution in [1.29, 1.82) is 0 Å². The lowest BCUT2D eigenvalue weighted by molar-refractivity contribution is 0.0821. The Morgan fingerprint density at radius 1 is 1.07 bits per heavy atom. The first-order chi connectivity index (χ1) is 14.7. The van der Waals surface area contributed by atoms with E-state index in [0.717, 1.165) is 36.8 Å². The molecule has 1 atom stereocenters. The van der Waals surface area contributed by atoms with Crippen LogP contribution >= 0.6 is 12.2 Å². The summed E-state index contributed by atoms with van der Waals surface area (Å²) in [6, 6.07) is 18.3. The average molecular weight is 421 g/mol. The van der Waals surface area contributed by atoms with Crippen molar-refractivity contribution in [3.63, 3.8) is 0 Å². The van der Waals surface area contributed by atoms with E-state index in [1.54, 1.807) is 0 Å². The molecule has 0 bridgehead atoms. The van der Waals surface area contributed by atoms with Crippen molar-refractivity contribution >= 4 is 17.8 Å². The molecule has 2 aliphatic heterocycles. The van der Waals surface area contributed by atoms with Crippen LogP contribution in [0.1, 0.15) is 23.9 Å². The molecule has 5 rings (SSSR count). The predicted molar refractivity (Wildman–Crippen MR) is 118 cm³/mol. The molecule has 3 aromatic rings. The van der Waals surface area contributed by atoms with Crippen molar-refractivity contribution in [3.8, 4) is 11.5 Å². The van der Waals surface area contributed by atoms with E-state index in [-0.39, 0.29) is 6.10 Å². The predicted octanol–water partition coefficient (Wildman–Crippen LogP) is 4.21. The highest BCUT2D eigenvalue weighted by molar-refractivity contribution is 7.71. The molecule has 0 fully saturated rings. The molecule has 7 heteroatoms. The van der Waals surface area contributed by atoms with E-state index in [2.05, 4.69) is 41.3 Å². The number of nitrogens with zero attached hydrogens (tertiary/aromatic N) is 4. The fraction of sp³-hybridized carbons (Fsp3) is 0.304. The quantitative estimate of drug-likeness (QED) is 0.592. The standard InChI is InChI=1S/C23H24N4O2S/c1-25-22(21-15-28-19-9-5-6-10-20(19)29-21)24-27(23(25)30)16-26-13-11-18(12-14-26)17-7-3-2-4-8-17/h2-11,21H,12-16H2,1H3. The van der Waals surface area contributed by atoms with Gasteiger partial charge in [-0.05, 0) is 41.9 Å². The van der Waals surface area contributed by atoms with Crippen molar-refractivity contribution in [2.75, 3.05) is 19.7 Å². The topological polar surface area (TPSA) is 44.5 Å². The molecule has 1 unspecified atom stereocenters. The summed E-state index contributed by atoms with van der Waals surface area (Å²) in [5.74, 6) is 2.29. The third-order valence-electron chi connectivity index (χ3n) is 5.64. The van der Waals surface area contributed by atoms with Gasteiger partial charge >= 0.3 is 0 Å².